The molecule has 0 saturated heterocycles. The molecule has 146 valence electrons. The van der Waals surface area contributed by atoms with Crippen molar-refractivity contribution in [3.05, 3.63) is 89.9 Å². The third-order valence-electron chi connectivity index (χ3n) is 4.67. The fraction of sp³-hybridized carbons (Fsp3) is 0.136. The van der Waals surface area contributed by atoms with Crippen LogP contribution < -0.4 is 5.32 Å². The molecule has 1 atom stereocenters. The van der Waals surface area contributed by atoms with Crippen LogP contribution in [-0.4, -0.2) is 20.7 Å². The van der Waals surface area contributed by atoms with Gasteiger partial charge in [-0.1, -0.05) is 12.1 Å². The molecule has 7 heteroatoms. The minimum Gasteiger partial charge on any atom is -0.349 e. The molecule has 0 aliphatic rings. The van der Waals surface area contributed by atoms with Crippen molar-refractivity contribution in [1.29, 1.82) is 0 Å². The first-order chi connectivity index (χ1) is 14.0. The van der Waals surface area contributed by atoms with E-state index < -0.39 is 0 Å². The van der Waals surface area contributed by atoms with E-state index in [-0.39, 0.29) is 30.0 Å². The van der Waals surface area contributed by atoms with Crippen LogP contribution in [0.25, 0.3) is 16.6 Å². The minimum absolute atomic E-state index is 0.114. The van der Waals surface area contributed by atoms with Crippen molar-refractivity contribution in [1.82, 2.24) is 20.1 Å². The van der Waals surface area contributed by atoms with Gasteiger partial charge in [-0.05, 0) is 55.0 Å². The first-order valence-electron chi connectivity index (χ1n) is 9.13. The molecule has 0 spiro atoms. The highest BCUT2D eigenvalue weighted by Crippen LogP contribution is 2.19. The number of fused-ring (bicyclic) bond motifs is 1. The maximum atomic E-state index is 13.1. The number of nitrogens with zero attached hydrogens (tertiary/aromatic N) is 3. The van der Waals surface area contributed by atoms with Crippen LogP contribution >= 0.6 is 0 Å². The molecule has 0 saturated carbocycles. The molecular formula is C22H18F2N4O. The highest BCUT2D eigenvalue weighted by molar-refractivity contribution is 5.83. The van der Waals surface area contributed by atoms with Crippen molar-refractivity contribution in [3.63, 3.8) is 0 Å². The Morgan fingerprint density at radius 3 is 2.38 bits per heavy atom. The summed E-state index contributed by atoms with van der Waals surface area (Å²) >= 11 is 0. The van der Waals surface area contributed by atoms with Crippen LogP contribution in [0.2, 0.25) is 0 Å². The predicted molar refractivity (Wildman–Crippen MR) is 105 cm³/mol. The Morgan fingerprint density at radius 1 is 1.03 bits per heavy atom. The molecule has 0 aliphatic heterocycles. The Bertz CT molecular complexity index is 1150. The number of pyridine rings is 1. The number of rotatable bonds is 5. The van der Waals surface area contributed by atoms with E-state index in [0.29, 0.717) is 5.69 Å². The molecule has 2 aromatic carbocycles. The van der Waals surface area contributed by atoms with E-state index in [9.17, 15) is 13.6 Å². The number of amides is 1. The number of aromatic nitrogens is 3. The number of carbonyl (C=O) groups excluding carboxylic acids is 1. The number of hydrogen-bond donors (Lipinski definition) is 1. The molecule has 0 radical (unpaired) electrons. The lowest BCUT2D eigenvalue weighted by molar-refractivity contribution is -0.121. The lowest BCUT2D eigenvalue weighted by Gasteiger charge is -2.14. The van der Waals surface area contributed by atoms with Crippen LogP contribution in [0.4, 0.5) is 8.78 Å². The van der Waals surface area contributed by atoms with E-state index in [4.69, 9.17) is 0 Å². The molecule has 0 bridgehead atoms. The van der Waals surface area contributed by atoms with Gasteiger partial charge in [0, 0.05) is 5.39 Å². The summed E-state index contributed by atoms with van der Waals surface area (Å²) < 4.78 is 27.8. The summed E-state index contributed by atoms with van der Waals surface area (Å²) in [6.07, 6.45) is 3.45. The van der Waals surface area contributed by atoms with Gasteiger partial charge in [0.2, 0.25) is 5.91 Å². The third kappa shape index (κ3) is 4.13. The van der Waals surface area contributed by atoms with Gasteiger partial charge in [-0.15, -0.1) is 0 Å². The Morgan fingerprint density at radius 2 is 1.69 bits per heavy atom. The van der Waals surface area contributed by atoms with Crippen molar-refractivity contribution < 1.29 is 13.6 Å². The third-order valence-corrected chi connectivity index (χ3v) is 4.67. The lowest BCUT2D eigenvalue weighted by Crippen LogP contribution is -2.28. The number of halogens is 2. The summed E-state index contributed by atoms with van der Waals surface area (Å²) in [6.45, 7) is 1.84. The highest BCUT2D eigenvalue weighted by Gasteiger charge is 2.13. The molecule has 5 nitrogen and oxygen atoms in total. The van der Waals surface area contributed by atoms with Crippen molar-refractivity contribution in [2.24, 2.45) is 0 Å². The second-order valence-electron chi connectivity index (χ2n) is 6.78. The van der Waals surface area contributed by atoms with E-state index in [1.54, 1.807) is 41.3 Å². The smallest absolute Gasteiger partial charge is 0.226 e. The zero-order valence-electron chi connectivity index (χ0n) is 15.6. The molecule has 29 heavy (non-hydrogen) atoms. The second kappa shape index (κ2) is 7.79. The Labute approximate surface area is 166 Å². The van der Waals surface area contributed by atoms with E-state index in [2.05, 4.69) is 15.4 Å². The summed E-state index contributed by atoms with van der Waals surface area (Å²) in [5.74, 6) is -0.808. The summed E-state index contributed by atoms with van der Waals surface area (Å²) in [4.78, 5) is 16.7. The van der Waals surface area contributed by atoms with Crippen molar-refractivity contribution >= 4 is 16.8 Å². The average Bonchev–Trinajstić information content (AvgIpc) is 3.12. The first-order valence-corrected chi connectivity index (χ1v) is 9.13. The van der Waals surface area contributed by atoms with E-state index in [1.165, 1.54) is 24.3 Å². The normalized spacial score (nSPS) is 12.1. The Balaban J connectivity index is 1.47. The molecular weight excluding hydrogens is 374 g/mol. The number of nitrogens with one attached hydrogen (secondary N) is 1. The predicted octanol–water partition coefficient (Wildman–Crippen LogP) is 4.12. The molecule has 0 aliphatic carbocycles. The van der Waals surface area contributed by atoms with Gasteiger partial charge in [0.1, 0.15) is 11.6 Å². The maximum absolute atomic E-state index is 13.1. The maximum Gasteiger partial charge on any atom is 0.226 e. The summed E-state index contributed by atoms with van der Waals surface area (Å²) in [6, 6.07) is 13.6. The zero-order chi connectivity index (χ0) is 20.4. The molecule has 0 fully saturated rings. The summed E-state index contributed by atoms with van der Waals surface area (Å²) in [5.41, 5.74) is 2.92. The van der Waals surface area contributed by atoms with E-state index in [0.717, 1.165) is 22.2 Å². The van der Waals surface area contributed by atoms with E-state index in [1.807, 2.05) is 13.0 Å². The standard InChI is InChI=1S/C22H18F2N4O/c1-14(15-2-4-17(23)5-3-15)27-22(29)11-19-10-16-12-26-28(21(16)13-25-19)20-8-6-18(24)7-9-20/h2-10,12-14H,11H2,1H3,(H,27,29)/t14-/m1/s1. The molecule has 2 heterocycles. The van der Waals surface area contributed by atoms with Gasteiger partial charge in [0.05, 0.1) is 41.8 Å². The number of hydrogen-bond acceptors (Lipinski definition) is 3. The van der Waals surface area contributed by atoms with Gasteiger partial charge >= 0.3 is 0 Å². The van der Waals surface area contributed by atoms with Gasteiger partial charge in [-0.3, -0.25) is 9.78 Å². The van der Waals surface area contributed by atoms with Crippen LogP contribution in [0, 0.1) is 11.6 Å². The molecule has 0 unspecified atom stereocenters. The second-order valence-corrected chi connectivity index (χ2v) is 6.78. The summed E-state index contributed by atoms with van der Waals surface area (Å²) in [5, 5.41) is 8.06. The van der Waals surface area contributed by atoms with Gasteiger partial charge in [0.15, 0.2) is 0 Å². The van der Waals surface area contributed by atoms with Gasteiger partial charge in [0.25, 0.3) is 0 Å². The molecule has 1 N–H and O–H groups in total. The monoisotopic (exact) mass is 392 g/mol. The minimum atomic E-state index is -0.314. The van der Waals surface area contributed by atoms with E-state index >= 15 is 0 Å². The lowest BCUT2D eigenvalue weighted by atomic mass is 10.1. The Hall–Kier alpha value is -3.61. The van der Waals surface area contributed by atoms with Crippen molar-refractivity contribution in [3.8, 4) is 5.69 Å². The van der Waals surface area contributed by atoms with Crippen molar-refractivity contribution in [2.45, 2.75) is 19.4 Å². The SMILES string of the molecule is C[C@@H](NC(=O)Cc1cc2cnn(-c3ccc(F)cc3)c2cn1)c1ccc(F)cc1. The van der Waals surface area contributed by atoms with Gasteiger partial charge < -0.3 is 5.32 Å². The fourth-order valence-corrected chi connectivity index (χ4v) is 3.15. The van der Waals surface area contributed by atoms with Crippen LogP contribution in [0.1, 0.15) is 24.2 Å². The zero-order valence-corrected chi connectivity index (χ0v) is 15.6. The largest absolute Gasteiger partial charge is 0.349 e. The quantitative estimate of drug-likeness (QED) is 0.556. The Kier molecular flexibility index (Phi) is 5.03. The number of benzene rings is 2. The van der Waals surface area contributed by atoms with Crippen LogP contribution in [-0.2, 0) is 11.2 Å². The molecule has 2 aromatic heterocycles. The van der Waals surface area contributed by atoms with Crippen LogP contribution in [0.15, 0.2) is 67.0 Å². The topological polar surface area (TPSA) is 59.8 Å². The average molecular weight is 392 g/mol. The number of carbonyl (C=O) groups is 1. The summed E-state index contributed by atoms with van der Waals surface area (Å²) in [7, 11) is 0. The van der Waals surface area contributed by atoms with Gasteiger partial charge in [-0.2, -0.15) is 5.10 Å². The van der Waals surface area contributed by atoms with Crippen LogP contribution in [0.5, 0.6) is 0 Å². The van der Waals surface area contributed by atoms with Gasteiger partial charge in [-0.25, -0.2) is 13.5 Å². The highest BCUT2D eigenvalue weighted by atomic mass is 19.1. The van der Waals surface area contributed by atoms with Crippen LogP contribution in [0.3, 0.4) is 0 Å². The van der Waals surface area contributed by atoms with Crippen molar-refractivity contribution in [2.75, 3.05) is 0 Å². The first kappa shape index (κ1) is 18.7. The molecule has 4 rings (SSSR count). The fourth-order valence-electron chi connectivity index (χ4n) is 3.15. The molecule has 4 aromatic rings. The molecule has 1 amide bonds.